The lowest BCUT2D eigenvalue weighted by atomic mass is 10.3. The van der Waals surface area contributed by atoms with Gasteiger partial charge in [0.05, 0.1) is 24.3 Å². The van der Waals surface area contributed by atoms with Crippen molar-refractivity contribution in [1.29, 1.82) is 0 Å². The molecule has 3 heterocycles. The Morgan fingerprint density at radius 2 is 2.17 bits per heavy atom. The largest absolute Gasteiger partial charge is 0.388 e. The number of carbonyl (C=O) groups is 1. The third kappa shape index (κ3) is 2.00. The van der Waals surface area contributed by atoms with Gasteiger partial charge in [0.1, 0.15) is 0 Å². The van der Waals surface area contributed by atoms with Crippen molar-refractivity contribution in [2.75, 3.05) is 13.1 Å². The summed E-state index contributed by atoms with van der Waals surface area (Å²) in [7, 11) is 0. The number of carbonyl (C=O) groups excluding carboxylic acids is 1. The Labute approximate surface area is 107 Å². The SMILES string of the molecule is O=C(Cc1cn2ccsc2n1)N1C[C@@H](O)[C@@H](O)C1. The number of hydrogen-bond acceptors (Lipinski definition) is 5. The highest BCUT2D eigenvalue weighted by molar-refractivity contribution is 7.15. The van der Waals surface area contributed by atoms with E-state index < -0.39 is 12.2 Å². The predicted octanol–water partition coefficient (Wildman–Crippen LogP) is -0.498. The molecule has 2 aromatic heterocycles. The van der Waals surface area contributed by atoms with Gasteiger partial charge >= 0.3 is 0 Å². The maximum atomic E-state index is 12.0. The number of likely N-dealkylation sites (tertiary alicyclic amines) is 1. The van der Waals surface area contributed by atoms with E-state index in [1.54, 1.807) is 0 Å². The fourth-order valence-electron chi connectivity index (χ4n) is 2.10. The maximum absolute atomic E-state index is 12.0. The number of β-amino-alcohol motifs (C(OH)–C–C–N with tert-alkyl or cyclic N) is 2. The lowest BCUT2D eigenvalue weighted by Gasteiger charge is -2.14. The summed E-state index contributed by atoms with van der Waals surface area (Å²) < 4.78 is 1.88. The van der Waals surface area contributed by atoms with Crippen molar-refractivity contribution in [3.63, 3.8) is 0 Å². The Kier molecular flexibility index (Phi) is 2.81. The van der Waals surface area contributed by atoms with Crippen molar-refractivity contribution in [3.8, 4) is 0 Å². The fraction of sp³-hybridized carbons (Fsp3) is 0.455. The van der Waals surface area contributed by atoms with Gasteiger partial charge in [0.25, 0.3) is 0 Å². The zero-order chi connectivity index (χ0) is 12.7. The molecule has 0 saturated carbocycles. The van der Waals surface area contributed by atoms with E-state index in [0.717, 1.165) is 4.96 Å². The molecule has 0 aliphatic carbocycles. The van der Waals surface area contributed by atoms with Gasteiger partial charge in [-0.25, -0.2) is 4.98 Å². The molecular weight excluding hydrogens is 254 g/mol. The highest BCUT2D eigenvalue weighted by Gasteiger charge is 2.32. The number of aliphatic hydroxyl groups is 2. The monoisotopic (exact) mass is 267 g/mol. The summed E-state index contributed by atoms with van der Waals surface area (Å²) in [6, 6.07) is 0. The number of rotatable bonds is 2. The molecular formula is C11H13N3O3S. The quantitative estimate of drug-likeness (QED) is 0.769. The molecule has 1 fully saturated rings. The van der Waals surface area contributed by atoms with Crippen LogP contribution in [0.15, 0.2) is 17.8 Å². The van der Waals surface area contributed by atoms with E-state index in [1.807, 2.05) is 22.2 Å². The third-order valence-corrected chi connectivity index (χ3v) is 3.86. The number of nitrogens with zero attached hydrogens (tertiary/aromatic N) is 3. The Hall–Kier alpha value is -1.44. The number of imidazole rings is 1. The van der Waals surface area contributed by atoms with Crippen LogP contribution >= 0.6 is 11.3 Å². The summed E-state index contributed by atoms with van der Waals surface area (Å²) in [4.78, 5) is 18.6. The maximum Gasteiger partial charge on any atom is 0.228 e. The lowest BCUT2D eigenvalue weighted by Crippen LogP contribution is -2.31. The van der Waals surface area contributed by atoms with Crippen LogP contribution in [0.5, 0.6) is 0 Å². The van der Waals surface area contributed by atoms with Crippen LogP contribution in [0.25, 0.3) is 4.96 Å². The Balaban J connectivity index is 1.69. The zero-order valence-corrected chi connectivity index (χ0v) is 10.4. The number of hydrogen-bond donors (Lipinski definition) is 2. The van der Waals surface area contributed by atoms with Gasteiger partial charge in [0.15, 0.2) is 4.96 Å². The van der Waals surface area contributed by atoms with Crippen molar-refractivity contribution in [2.24, 2.45) is 0 Å². The van der Waals surface area contributed by atoms with Crippen molar-refractivity contribution in [1.82, 2.24) is 14.3 Å². The second kappa shape index (κ2) is 4.34. The van der Waals surface area contributed by atoms with Crippen LogP contribution in [0, 0.1) is 0 Å². The molecule has 96 valence electrons. The molecule has 1 saturated heterocycles. The van der Waals surface area contributed by atoms with E-state index in [0.29, 0.717) is 5.69 Å². The average Bonchev–Trinajstić information content (AvgIpc) is 2.95. The normalized spacial score (nSPS) is 24.0. The molecule has 1 amide bonds. The minimum atomic E-state index is -0.834. The molecule has 3 rings (SSSR count). The summed E-state index contributed by atoms with van der Waals surface area (Å²) in [6.45, 7) is 0.393. The van der Waals surface area contributed by atoms with Crippen LogP contribution in [0.2, 0.25) is 0 Å². The summed E-state index contributed by atoms with van der Waals surface area (Å²) in [5, 5.41) is 20.7. The summed E-state index contributed by atoms with van der Waals surface area (Å²) in [5.74, 6) is -0.114. The first kappa shape index (κ1) is 11.6. The number of amides is 1. The molecule has 0 radical (unpaired) electrons. The van der Waals surface area contributed by atoms with Crippen LogP contribution in [0.4, 0.5) is 0 Å². The van der Waals surface area contributed by atoms with Gasteiger partial charge in [-0.3, -0.25) is 9.20 Å². The Morgan fingerprint density at radius 1 is 1.44 bits per heavy atom. The Bertz CT molecular complexity index is 540. The van der Waals surface area contributed by atoms with E-state index in [1.165, 1.54) is 16.2 Å². The van der Waals surface area contributed by atoms with Crippen LogP contribution in [-0.2, 0) is 11.2 Å². The topological polar surface area (TPSA) is 78.1 Å². The molecule has 0 spiro atoms. The second-order valence-corrected chi connectivity index (χ2v) is 5.31. The van der Waals surface area contributed by atoms with E-state index >= 15 is 0 Å². The summed E-state index contributed by atoms with van der Waals surface area (Å²) in [5.41, 5.74) is 0.711. The molecule has 2 aromatic rings. The molecule has 2 atom stereocenters. The van der Waals surface area contributed by atoms with Crippen molar-refractivity contribution in [2.45, 2.75) is 18.6 Å². The van der Waals surface area contributed by atoms with Crippen LogP contribution in [-0.4, -0.2) is 55.7 Å². The molecule has 0 bridgehead atoms. The molecule has 7 heteroatoms. The summed E-state index contributed by atoms with van der Waals surface area (Å²) in [6.07, 6.45) is 2.25. The van der Waals surface area contributed by atoms with Crippen molar-refractivity contribution < 1.29 is 15.0 Å². The van der Waals surface area contributed by atoms with E-state index in [4.69, 9.17) is 0 Å². The van der Waals surface area contributed by atoms with E-state index in [-0.39, 0.29) is 25.4 Å². The second-order valence-electron chi connectivity index (χ2n) is 4.44. The lowest BCUT2D eigenvalue weighted by molar-refractivity contribution is -0.130. The van der Waals surface area contributed by atoms with Gasteiger partial charge in [-0.15, -0.1) is 11.3 Å². The van der Waals surface area contributed by atoms with E-state index in [2.05, 4.69) is 4.98 Å². The molecule has 0 unspecified atom stereocenters. The summed E-state index contributed by atoms with van der Waals surface area (Å²) >= 11 is 1.52. The number of thiazole rings is 1. The standard InChI is InChI=1S/C11H13N3O3S/c15-8-5-14(6-9(8)16)10(17)3-7-4-13-1-2-18-11(13)12-7/h1-2,4,8-9,15-16H,3,5-6H2/t8-,9+. The highest BCUT2D eigenvalue weighted by Crippen LogP contribution is 2.15. The smallest absolute Gasteiger partial charge is 0.228 e. The highest BCUT2D eigenvalue weighted by atomic mass is 32.1. The van der Waals surface area contributed by atoms with Gasteiger partial charge < -0.3 is 15.1 Å². The predicted molar refractivity (Wildman–Crippen MR) is 65.4 cm³/mol. The third-order valence-electron chi connectivity index (χ3n) is 3.09. The number of aromatic nitrogens is 2. The van der Waals surface area contributed by atoms with Crippen LogP contribution in [0.1, 0.15) is 5.69 Å². The average molecular weight is 267 g/mol. The number of fused-ring (bicyclic) bond motifs is 1. The fourth-order valence-corrected chi connectivity index (χ4v) is 2.82. The molecule has 2 N–H and O–H groups in total. The molecule has 0 aromatic carbocycles. The minimum Gasteiger partial charge on any atom is -0.388 e. The van der Waals surface area contributed by atoms with Gasteiger partial charge in [0, 0.05) is 30.9 Å². The van der Waals surface area contributed by atoms with Gasteiger partial charge in [0.2, 0.25) is 5.91 Å². The van der Waals surface area contributed by atoms with E-state index in [9.17, 15) is 15.0 Å². The van der Waals surface area contributed by atoms with Gasteiger partial charge in [-0.2, -0.15) is 0 Å². The van der Waals surface area contributed by atoms with Crippen molar-refractivity contribution in [3.05, 3.63) is 23.5 Å². The van der Waals surface area contributed by atoms with Gasteiger partial charge in [-0.1, -0.05) is 0 Å². The molecule has 6 nitrogen and oxygen atoms in total. The van der Waals surface area contributed by atoms with Crippen molar-refractivity contribution >= 4 is 22.2 Å². The molecule has 1 aliphatic heterocycles. The molecule has 18 heavy (non-hydrogen) atoms. The molecule has 1 aliphatic rings. The van der Waals surface area contributed by atoms with Gasteiger partial charge in [-0.05, 0) is 0 Å². The minimum absolute atomic E-state index is 0.114. The zero-order valence-electron chi connectivity index (χ0n) is 9.56. The van der Waals surface area contributed by atoms with Crippen LogP contribution in [0.3, 0.4) is 0 Å². The first-order chi connectivity index (χ1) is 8.63. The number of aliphatic hydroxyl groups excluding tert-OH is 2. The van der Waals surface area contributed by atoms with Crippen LogP contribution < -0.4 is 0 Å². The first-order valence-corrected chi connectivity index (χ1v) is 6.56. The first-order valence-electron chi connectivity index (χ1n) is 5.68. The Morgan fingerprint density at radius 3 is 2.83 bits per heavy atom.